The fourth-order valence-electron chi connectivity index (χ4n) is 2.61. The van der Waals surface area contributed by atoms with Gasteiger partial charge in [-0.2, -0.15) is 0 Å². The molecule has 36 heavy (non-hydrogen) atoms. The highest BCUT2D eigenvalue weighted by atomic mass is 16.5. The SMILES string of the molecule is C#CCNC(=O)C(=C)C.C#CCNC(=O)C(C)(C)CC(C)(CC)C(=O)OCC.C=C(C)C(=O)OCC. The number of nitrogens with one attached hydrogen (secondary N) is 2. The predicted molar refractivity (Wildman–Crippen MR) is 143 cm³/mol. The molecule has 0 saturated heterocycles. The number of carbonyl (C=O) groups is 4. The summed E-state index contributed by atoms with van der Waals surface area (Å²) in [6.45, 7) is 22.2. The van der Waals surface area contributed by atoms with Crippen molar-refractivity contribution in [3.05, 3.63) is 24.3 Å². The van der Waals surface area contributed by atoms with Gasteiger partial charge in [-0.15, -0.1) is 12.8 Å². The lowest BCUT2D eigenvalue weighted by Crippen LogP contribution is -2.43. The molecule has 1 unspecified atom stereocenters. The van der Waals surface area contributed by atoms with Crippen LogP contribution in [0.1, 0.15) is 68.2 Å². The van der Waals surface area contributed by atoms with Crippen LogP contribution < -0.4 is 10.6 Å². The molecular weight excluding hydrogens is 460 g/mol. The topological polar surface area (TPSA) is 111 Å². The zero-order chi connectivity index (χ0) is 28.9. The average Bonchev–Trinajstić information content (AvgIpc) is 2.81. The van der Waals surface area contributed by atoms with Crippen LogP contribution in [-0.2, 0) is 28.7 Å². The Hall–Kier alpha value is -3.52. The maximum absolute atomic E-state index is 12.0. The van der Waals surface area contributed by atoms with Crippen LogP contribution in [-0.4, -0.2) is 50.1 Å². The molecule has 0 aliphatic heterocycles. The van der Waals surface area contributed by atoms with Crippen LogP contribution in [0.15, 0.2) is 24.3 Å². The number of hydrogen-bond donors (Lipinski definition) is 2. The molecule has 2 N–H and O–H groups in total. The molecule has 0 aromatic rings. The number of ether oxygens (including phenoxy) is 2. The van der Waals surface area contributed by atoms with E-state index in [0.717, 1.165) is 0 Å². The van der Waals surface area contributed by atoms with Gasteiger partial charge in [0.15, 0.2) is 0 Å². The fourth-order valence-corrected chi connectivity index (χ4v) is 2.61. The Morgan fingerprint density at radius 3 is 1.64 bits per heavy atom. The molecule has 0 aromatic carbocycles. The van der Waals surface area contributed by atoms with Crippen LogP contribution in [0.3, 0.4) is 0 Å². The zero-order valence-electron chi connectivity index (χ0n) is 23.3. The van der Waals surface area contributed by atoms with Crippen molar-refractivity contribution in [2.75, 3.05) is 26.3 Å². The van der Waals surface area contributed by atoms with Crippen molar-refractivity contribution < 1.29 is 28.7 Å². The first-order valence-electron chi connectivity index (χ1n) is 11.7. The van der Waals surface area contributed by atoms with E-state index in [2.05, 4.69) is 40.4 Å². The van der Waals surface area contributed by atoms with Crippen molar-refractivity contribution in [3.8, 4) is 24.7 Å². The smallest absolute Gasteiger partial charge is 0.333 e. The Morgan fingerprint density at radius 2 is 1.31 bits per heavy atom. The van der Waals surface area contributed by atoms with Crippen molar-refractivity contribution in [2.24, 2.45) is 10.8 Å². The lowest BCUT2D eigenvalue weighted by atomic mass is 9.72. The van der Waals surface area contributed by atoms with E-state index in [9.17, 15) is 19.2 Å². The van der Waals surface area contributed by atoms with Gasteiger partial charge >= 0.3 is 11.9 Å². The molecule has 0 aromatic heterocycles. The van der Waals surface area contributed by atoms with E-state index in [1.54, 1.807) is 27.7 Å². The average molecular weight is 505 g/mol. The third-order valence-electron chi connectivity index (χ3n) is 4.71. The number of carbonyl (C=O) groups excluding carboxylic acids is 4. The second-order valence-electron chi connectivity index (χ2n) is 8.75. The molecule has 202 valence electrons. The number of hydrogen-bond acceptors (Lipinski definition) is 6. The van der Waals surface area contributed by atoms with E-state index in [0.29, 0.717) is 37.2 Å². The summed E-state index contributed by atoms with van der Waals surface area (Å²) in [4.78, 5) is 45.1. The summed E-state index contributed by atoms with van der Waals surface area (Å²) in [6.07, 6.45) is 11.1. The lowest BCUT2D eigenvalue weighted by molar-refractivity contribution is -0.157. The Balaban J connectivity index is -0.000000530. The molecule has 2 amide bonds. The standard InChI is InChI=1S/C15H25NO3.C7H9NO.C6H10O2/c1-7-10-16-12(17)14(4,5)11-15(6,8-2)13(18)19-9-3;1-4-5-8-7(9)6(2)3;1-4-8-6(7)5(2)3/h1H,8-11H2,2-6H3,(H,16,17);1H,2,5H2,3H3,(H,8,9);2,4H2,1,3H3. The molecule has 0 fully saturated rings. The van der Waals surface area contributed by atoms with Gasteiger partial charge in [-0.05, 0) is 47.5 Å². The van der Waals surface area contributed by atoms with Gasteiger partial charge in [-0.3, -0.25) is 14.4 Å². The summed E-state index contributed by atoms with van der Waals surface area (Å²) in [5.74, 6) is 3.75. The van der Waals surface area contributed by atoms with Crippen molar-refractivity contribution in [1.29, 1.82) is 0 Å². The molecule has 0 aliphatic rings. The fraction of sp³-hybridized carbons (Fsp3) is 0.571. The number of rotatable bonds is 11. The van der Waals surface area contributed by atoms with Gasteiger partial charge in [0.25, 0.3) is 0 Å². The second-order valence-corrected chi connectivity index (χ2v) is 8.75. The van der Waals surface area contributed by atoms with Gasteiger partial charge in [-0.25, -0.2) is 4.79 Å². The van der Waals surface area contributed by atoms with Crippen LogP contribution >= 0.6 is 0 Å². The lowest BCUT2D eigenvalue weighted by Gasteiger charge is -2.34. The molecule has 0 spiro atoms. The van der Waals surface area contributed by atoms with Gasteiger partial charge in [-0.1, -0.05) is 45.8 Å². The molecule has 0 heterocycles. The predicted octanol–water partition coefficient (Wildman–Crippen LogP) is 3.57. The highest BCUT2D eigenvalue weighted by Crippen LogP contribution is 2.37. The molecule has 0 bridgehead atoms. The Kier molecular flexibility index (Phi) is 20.3. The van der Waals surface area contributed by atoms with Gasteiger partial charge < -0.3 is 20.1 Å². The van der Waals surface area contributed by atoms with Crippen LogP contribution in [0.5, 0.6) is 0 Å². The zero-order valence-corrected chi connectivity index (χ0v) is 23.3. The summed E-state index contributed by atoms with van der Waals surface area (Å²) in [5.41, 5.74) is -0.404. The van der Waals surface area contributed by atoms with Crippen molar-refractivity contribution in [2.45, 2.75) is 68.2 Å². The second kappa shape index (κ2) is 19.8. The maximum atomic E-state index is 12.0. The Morgan fingerprint density at radius 1 is 0.833 bits per heavy atom. The van der Waals surface area contributed by atoms with Crippen LogP contribution in [0, 0.1) is 35.5 Å². The van der Waals surface area contributed by atoms with Gasteiger partial charge in [0.05, 0.1) is 31.7 Å². The van der Waals surface area contributed by atoms with Gasteiger partial charge in [0.1, 0.15) is 0 Å². The van der Waals surface area contributed by atoms with Gasteiger partial charge in [0.2, 0.25) is 11.8 Å². The number of terminal acetylenes is 2. The summed E-state index contributed by atoms with van der Waals surface area (Å²) in [7, 11) is 0. The molecule has 0 rings (SSSR count). The molecular formula is C28H44N2O6. The highest BCUT2D eigenvalue weighted by Gasteiger charge is 2.41. The normalized spacial score (nSPS) is 11.2. The highest BCUT2D eigenvalue weighted by molar-refractivity contribution is 5.92. The third-order valence-corrected chi connectivity index (χ3v) is 4.71. The minimum atomic E-state index is -0.672. The number of esters is 2. The van der Waals surface area contributed by atoms with E-state index in [1.807, 2.05) is 27.7 Å². The monoisotopic (exact) mass is 504 g/mol. The van der Waals surface area contributed by atoms with E-state index in [4.69, 9.17) is 17.6 Å². The van der Waals surface area contributed by atoms with Crippen LogP contribution in [0.4, 0.5) is 0 Å². The van der Waals surface area contributed by atoms with Crippen molar-refractivity contribution in [3.63, 3.8) is 0 Å². The Bertz CT molecular complexity index is 845. The quantitative estimate of drug-likeness (QED) is 0.253. The molecule has 0 saturated carbocycles. The third kappa shape index (κ3) is 17.0. The van der Waals surface area contributed by atoms with E-state index >= 15 is 0 Å². The summed E-state index contributed by atoms with van der Waals surface area (Å²) in [5, 5.41) is 5.12. The largest absolute Gasteiger partial charge is 0.466 e. The van der Waals surface area contributed by atoms with E-state index in [1.165, 1.54) is 0 Å². The summed E-state index contributed by atoms with van der Waals surface area (Å²) >= 11 is 0. The maximum Gasteiger partial charge on any atom is 0.333 e. The first-order chi connectivity index (χ1) is 16.6. The van der Waals surface area contributed by atoms with Crippen molar-refractivity contribution in [1.82, 2.24) is 10.6 Å². The molecule has 8 heteroatoms. The van der Waals surface area contributed by atoms with Gasteiger partial charge in [0, 0.05) is 16.6 Å². The number of amides is 2. The van der Waals surface area contributed by atoms with Crippen LogP contribution in [0.2, 0.25) is 0 Å². The Labute approximate surface area is 217 Å². The molecule has 1 atom stereocenters. The molecule has 0 radical (unpaired) electrons. The molecule has 0 aliphatic carbocycles. The minimum Gasteiger partial charge on any atom is -0.466 e. The summed E-state index contributed by atoms with van der Waals surface area (Å²) < 4.78 is 9.67. The molecule has 8 nitrogen and oxygen atoms in total. The summed E-state index contributed by atoms with van der Waals surface area (Å²) in [6, 6.07) is 0. The van der Waals surface area contributed by atoms with Crippen LogP contribution in [0.25, 0.3) is 0 Å². The first kappa shape index (κ1) is 37.0. The first-order valence-corrected chi connectivity index (χ1v) is 11.7. The van der Waals surface area contributed by atoms with E-state index in [-0.39, 0.29) is 36.8 Å². The van der Waals surface area contributed by atoms with E-state index < -0.39 is 10.8 Å². The minimum absolute atomic E-state index is 0.144. The van der Waals surface area contributed by atoms with Crippen molar-refractivity contribution >= 4 is 23.8 Å².